The molecule has 9 heteroatoms. The molecule has 4 atom stereocenters. The fraction of sp³-hybridized carbons (Fsp3) is 0.406. The van der Waals surface area contributed by atoms with Crippen LogP contribution in [0.1, 0.15) is 41.0 Å². The molecule has 2 aliphatic rings. The quantitative estimate of drug-likeness (QED) is 0.362. The Bertz CT molecular complexity index is 1380. The van der Waals surface area contributed by atoms with E-state index in [1.807, 2.05) is 50.2 Å². The summed E-state index contributed by atoms with van der Waals surface area (Å²) in [5, 5.41) is 19.5. The topological polar surface area (TPSA) is 104 Å². The Morgan fingerprint density at radius 3 is 2.54 bits per heavy atom. The maximum Gasteiger partial charge on any atom is 0.306 e. The van der Waals surface area contributed by atoms with Gasteiger partial charge in [0.15, 0.2) is 11.6 Å². The van der Waals surface area contributed by atoms with E-state index in [9.17, 15) is 19.4 Å². The lowest BCUT2D eigenvalue weighted by atomic mass is 9.94. The van der Waals surface area contributed by atoms with E-state index in [-0.39, 0.29) is 50.0 Å². The van der Waals surface area contributed by atoms with E-state index >= 15 is 0 Å². The van der Waals surface area contributed by atoms with E-state index < -0.39 is 18.0 Å². The SMILES string of the molecule is COC(=O)CC1COc2cc(OCc3cccc(-c4c(C)cc(OC[C@@H]5C[C@@H](O)[C@@H](O)CO5)cc4C)c3)c(F)cc21. The van der Waals surface area contributed by atoms with Crippen molar-refractivity contribution in [1.29, 1.82) is 0 Å². The highest BCUT2D eigenvalue weighted by Gasteiger charge is 2.30. The molecule has 1 fully saturated rings. The summed E-state index contributed by atoms with van der Waals surface area (Å²) in [6.45, 7) is 4.86. The Kier molecular flexibility index (Phi) is 8.77. The van der Waals surface area contributed by atoms with Crippen LogP contribution >= 0.6 is 0 Å². The normalized spacial score (nSPS) is 21.6. The number of hydrogen-bond donors (Lipinski definition) is 2. The molecule has 5 rings (SSSR count). The van der Waals surface area contributed by atoms with Crippen LogP contribution in [-0.4, -0.2) is 61.4 Å². The lowest BCUT2D eigenvalue weighted by molar-refractivity contribution is -0.141. The maximum atomic E-state index is 14.9. The first-order valence-corrected chi connectivity index (χ1v) is 13.7. The van der Waals surface area contributed by atoms with E-state index in [0.29, 0.717) is 30.1 Å². The molecule has 2 aliphatic heterocycles. The van der Waals surface area contributed by atoms with Crippen molar-refractivity contribution in [2.75, 3.05) is 26.9 Å². The molecule has 0 bridgehead atoms. The predicted molar refractivity (Wildman–Crippen MR) is 149 cm³/mol. The third-order valence-electron chi connectivity index (χ3n) is 7.59. The van der Waals surface area contributed by atoms with E-state index in [1.165, 1.54) is 13.2 Å². The average molecular weight is 567 g/mol. The Labute approximate surface area is 238 Å². The summed E-state index contributed by atoms with van der Waals surface area (Å²) < 4.78 is 42.7. The number of aliphatic hydroxyl groups is 2. The zero-order chi connectivity index (χ0) is 29.1. The lowest BCUT2D eigenvalue weighted by Crippen LogP contribution is -2.43. The lowest BCUT2D eigenvalue weighted by Gasteiger charge is -2.30. The second-order valence-electron chi connectivity index (χ2n) is 10.7. The van der Waals surface area contributed by atoms with Crippen LogP contribution in [0, 0.1) is 19.7 Å². The summed E-state index contributed by atoms with van der Waals surface area (Å²) in [6, 6.07) is 14.8. The zero-order valence-electron chi connectivity index (χ0n) is 23.4. The molecule has 2 heterocycles. The summed E-state index contributed by atoms with van der Waals surface area (Å²) >= 11 is 0. The van der Waals surface area contributed by atoms with E-state index in [0.717, 1.165) is 27.8 Å². The standard InChI is InChI=1S/C32H35FO8/c1-18-7-23(38-16-24-11-27(34)28(35)17-39-24)8-19(2)32(18)21-6-4-5-20(9-21)14-40-30-13-29-25(12-26(30)33)22(15-41-29)10-31(36)37-3/h4-9,12-13,22,24,27-28,34-35H,10-11,14-17H2,1-3H3/t22?,24-,27+,28-/m0/s1. The van der Waals surface area contributed by atoms with Gasteiger partial charge in [0.25, 0.3) is 0 Å². The van der Waals surface area contributed by atoms with Crippen molar-refractivity contribution in [2.45, 2.75) is 57.5 Å². The smallest absolute Gasteiger partial charge is 0.306 e. The number of fused-ring (bicyclic) bond motifs is 1. The van der Waals surface area contributed by atoms with Crippen LogP contribution in [0.25, 0.3) is 11.1 Å². The van der Waals surface area contributed by atoms with Crippen LogP contribution in [0.3, 0.4) is 0 Å². The van der Waals surface area contributed by atoms with Crippen molar-refractivity contribution in [2.24, 2.45) is 0 Å². The van der Waals surface area contributed by atoms with Crippen LogP contribution in [0.5, 0.6) is 17.2 Å². The highest BCUT2D eigenvalue weighted by atomic mass is 19.1. The molecule has 1 saturated heterocycles. The van der Waals surface area contributed by atoms with Crippen LogP contribution in [0.15, 0.2) is 48.5 Å². The molecule has 8 nitrogen and oxygen atoms in total. The van der Waals surface area contributed by atoms with Crippen LogP contribution in [-0.2, 0) is 20.9 Å². The second-order valence-corrected chi connectivity index (χ2v) is 10.7. The Morgan fingerprint density at radius 2 is 1.80 bits per heavy atom. The second kappa shape index (κ2) is 12.5. The van der Waals surface area contributed by atoms with Gasteiger partial charge >= 0.3 is 5.97 Å². The van der Waals surface area contributed by atoms with Gasteiger partial charge in [-0.05, 0) is 65.9 Å². The van der Waals surface area contributed by atoms with Gasteiger partial charge in [-0.1, -0.05) is 18.2 Å². The molecule has 0 aromatic heterocycles. The summed E-state index contributed by atoms with van der Waals surface area (Å²) in [5.41, 5.74) is 5.65. The summed E-state index contributed by atoms with van der Waals surface area (Å²) in [4.78, 5) is 11.7. The molecular formula is C32H35FO8. The van der Waals surface area contributed by atoms with Gasteiger partial charge in [-0.15, -0.1) is 0 Å². The Balaban J connectivity index is 1.24. The number of ether oxygens (including phenoxy) is 5. The molecule has 0 radical (unpaired) electrons. The third-order valence-corrected chi connectivity index (χ3v) is 7.59. The Morgan fingerprint density at radius 1 is 1.02 bits per heavy atom. The van der Waals surface area contributed by atoms with Crippen molar-refractivity contribution in [3.63, 3.8) is 0 Å². The van der Waals surface area contributed by atoms with Gasteiger partial charge in [-0.2, -0.15) is 0 Å². The molecule has 218 valence electrons. The number of hydrogen-bond acceptors (Lipinski definition) is 8. The summed E-state index contributed by atoms with van der Waals surface area (Å²) in [6.07, 6.45) is -1.49. The molecule has 1 unspecified atom stereocenters. The number of benzene rings is 3. The van der Waals surface area contributed by atoms with Crippen molar-refractivity contribution < 1.29 is 43.1 Å². The van der Waals surface area contributed by atoms with Gasteiger partial charge in [0.1, 0.15) is 30.8 Å². The van der Waals surface area contributed by atoms with E-state index in [4.69, 9.17) is 23.7 Å². The number of aryl methyl sites for hydroxylation is 2. The number of carbonyl (C=O) groups excluding carboxylic acids is 1. The van der Waals surface area contributed by atoms with Gasteiger partial charge in [-0.3, -0.25) is 4.79 Å². The average Bonchev–Trinajstić information content (AvgIpc) is 3.33. The number of aliphatic hydroxyl groups excluding tert-OH is 2. The number of halogens is 1. The van der Waals surface area contributed by atoms with Gasteiger partial charge in [0.05, 0.1) is 39.0 Å². The fourth-order valence-electron chi connectivity index (χ4n) is 5.42. The highest BCUT2D eigenvalue weighted by Crippen LogP contribution is 2.40. The van der Waals surface area contributed by atoms with E-state index in [2.05, 4.69) is 0 Å². The van der Waals surface area contributed by atoms with Crippen LogP contribution in [0.2, 0.25) is 0 Å². The molecule has 3 aromatic carbocycles. The summed E-state index contributed by atoms with van der Waals surface area (Å²) in [7, 11) is 1.33. The first-order chi connectivity index (χ1) is 19.7. The minimum absolute atomic E-state index is 0.0886. The monoisotopic (exact) mass is 566 g/mol. The van der Waals surface area contributed by atoms with Gasteiger partial charge in [0, 0.05) is 24.0 Å². The summed E-state index contributed by atoms with van der Waals surface area (Å²) in [5.74, 6) is 0.189. The minimum atomic E-state index is -0.857. The van der Waals surface area contributed by atoms with Crippen molar-refractivity contribution in [1.82, 2.24) is 0 Å². The third kappa shape index (κ3) is 6.64. The number of carbonyl (C=O) groups is 1. The van der Waals surface area contributed by atoms with Crippen LogP contribution in [0.4, 0.5) is 4.39 Å². The molecule has 3 aromatic rings. The molecule has 2 N–H and O–H groups in total. The largest absolute Gasteiger partial charge is 0.492 e. The molecule has 0 aliphatic carbocycles. The van der Waals surface area contributed by atoms with Gasteiger partial charge in [-0.25, -0.2) is 4.39 Å². The molecule has 0 amide bonds. The number of esters is 1. The van der Waals surface area contributed by atoms with Crippen molar-refractivity contribution >= 4 is 5.97 Å². The Hall–Kier alpha value is -3.66. The number of rotatable bonds is 9. The van der Waals surface area contributed by atoms with Gasteiger partial charge in [0.2, 0.25) is 0 Å². The zero-order valence-corrected chi connectivity index (χ0v) is 23.4. The predicted octanol–water partition coefficient (Wildman–Crippen LogP) is 4.62. The minimum Gasteiger partial charge on any atom is -0.492 e. The highest BCUT2D eigenvalue weighted by molar-refractivity contribution is 5.72. The molecular weight excluding hydrogens is 531 g/mol. The molecule has 0 saturated carbocycles. The first kappa shape index (κ1) is 28.9. The van der Waals surface area contributed by atoms with Crippen molar-refractivity contribution in [3.05, 3.63) is 76.6 Å². The van der Waals surface area contributed by atoms with E-state index in [1.54, 1.807) is 6.07 Å². The maximum absolute atomic E-state index is 14.9. The first-order valence-electron chi connectivity index (χ1n) is 13.7. The van der Waals surface area contributed by atoms with Crippen molar-refractivity contribution in [3.8, 4) is 28.4 Å². The fourth-order valence-corrected chi connectivity index (χ4v) is 5.42. The van der Waals surface area contributed by atoms with Gasteiger partial charge < -0.3 is 33.9 Å². The number of methoxy groups -OCH3 is 1. The van der Waals surface area contributed by atoms with Crippen LogP contribution < -0.4 is 14.2 Å². The molecule has 41 heavy (non-hydrogen) atoms. The molecule has 0 spiro atoms.